The molecule has 0 radical (unpaired) electrons. The zero-order valence-electron chi connectivity index (χ0n) is 10.9. The van der Waals surface area contributed by atoms with Crippen molar-refractivity contribution in [1.82, 2.24) is 4.90 Å². The number of hydrogen-bond acceptors (Lipinski definition) is 4. The van der Waals surface area contributed by atoms with Gasteiger partial charge in [0.1, 0.15) is 0 Å². The van der Waals surface area contributed by atoms with Crippen molar-refractivity contribution in [1.29, 1.82) is 0 Å². The van der Waals surface area contributed by atoms with Crippen LogP contribution in [0.4, 0.5) is 0 Å². The molecule has 1 N–H and O–H groups in total. The lowest BCUT2D eigenvalue weighted by atomic mass is 9.85. The SMILES string of the molecule is COC1CCC(CN(C)CC(=O)O)CC1OC. The van der Waals surface area contributed by atoms with Crippen molar-refractivity contribution in [3.63, 3.8) is 0 Å². The van der Waals surface area contributed by atoms with Crippen LogP contribution in [0.15, 0.2) is 0 Å². The van der Waals surface area contributed by atoms with Crippen LogP contribution < -0.4 is 0 Å². The second-order valence-corrected chi connectivity index (χ2v) is 4.82. The smallest absolute Gasteiger partial charge is 0.317 e. The van der Waals surface area contributed by atoms with Crippen LogP contribution in [0, 0.1) is 5.92 Å². The zero-order chi connectivity index (χ0) is 12.8. The molecule has 5 nitrogen and oxygen atoms in total. The van der Waals surface area contributed by atoms with Crippen LogP contribution >= 0.6 is 0 Å². The fourth-order valence-electron chi connectivity index (χ4n) is 2.60. The minimum atomic E-state index is -0.777. The Morgan fingerprint density at radius 1 is 1.29 bits per heavy atom. The molecule has 1 aliphatic rings. The minimum absolute atomic E-state index is 0.0991. The Labute approximate surface area is 103 Å². The largest absolute Gasteiger partial charge is 0.480 e. The summed E-state index contributed by atoms with van der Waals surface area (Å²) < 4.78 is 10.8. The molecule has 3 unspecified atom stereocenters. The highest BCUT2D eigenvalue weighted by Gasteiger charge is 2.31. The predicted molar refractivity (Wildman–Crippen MR) is 64.1 cm³/mol. The number of likely N-dealkylation sites (N-methyl/N-ethyl adjacent to an activating group) is 1. The second kappa shape index (κ2) is 6.93. The van der Waals surface area contributed by atoms with Gasteiger partial charge in [-0.3, -0.25) is 9.69 Å². The van der Waals surface area contributed by atoms with Crippen LogP contribution in [-0.2, 0) is 14.3 Å². The quantitative estimate of drug-likeness (QED) is 0.751. The highest BCUT2D eigenvalue weighted by molar-refractivity contribution is 5.68. The third-order valence-electron chi connectivity index (χ3n) is 3.42. The van der Waals surface area contributed by atoms with E-state index in [0.717, 1.165) is 25.8 Å². The summed E-state index contributed by atoms with van der Waals surface area (Å²) in [5.41, 5.74) is 0. The zero-order valence-corrected chi connectivity index (χ0v) is 10.9. The monoisotopic (exact) mass is 245 g/mol. The van der Waals surface area contributed by atoms with Crippen LogP contribution in [0.25, 0.3) is 0 Å². The molecule has 1 fully saturated rings. The van der Waals surface area contributed by atoms with Crippen molar-refractivity contribution in [3.8, 4) is 0 Å². The molecule has 0 aromatic heterocycles. The van der Waals surface area contributed by atoms with Gasteiger partial charge >= 0.3 is 5.97 Å². The first-order chi connectivity index (χ1) is 8.06. The van der Waals surface area contributed by atoms with E-state index in [1.54, 1.807) is 14.2 Å². The summed E-state index contributed by atoms with van der Waals surface area (Å²) in [5.74, 6) is -0.280. The number of carbonyl (C=O) groups is 1. The van der Waals surface area contributed by atoms with Gasteiger partial charge in [-0.25, -0.2) is 0 Å². The van der Waals surface area contributed by atoms with Gasteiger partial charge in [0.25, 0.3) is 0 Å². The molecule has 1 aliphatic carbocycles. The summed E-state index contributed by atoms with van der Waals surface area (Å²) in [6.07, 6.45) is 3.32. The average Bonchev–Trinajstić information content (AvgIpc) is 2.27. The van der Waals surface area contributed by atoms with Gasteiger partial charge in [-0.2, -0.15) is 0 Å². The average molecular weight is 245 g/mol. The molecule has 100 valence electrons. The number of ether oxygens (including phenoxy) is 2. The van der Waals surface area contributed by atoms with Gasteiger partial charge in [0.2, 0.25) is 0 Å². The van der Waals surface area contributed by atoms with Crippen molar-refractivity contribution in [2.24, 2.45) is 5.92 Å². The first-order valence-corrected chi connectivity index (χ1v) is 6.02. The predicted octanol–water partition coefficient (Wildman–Crippen LogP) is 0.833. The maximum atomic E-state index is 10.6. The van der Waals surface area contributed by atoms with E-state index in [-0.39, 0.29) is 18.8 Å². The summed E-state index contributed by atoms with van der Waals surface area (Å²) in [4.78, 5) is 12.4. The van der Waals surface area contributed by atoms with Crippen molar-refractivity contribution in [2.45, 2.75) is 31.5 Å². The highest BCUT2D eigenvalue weighted by atomic mass is 16.5. The molecule has 0 spiro atoms. The molecule has 1 saturated carbocycles. The third kappa shape index (κ3) is 4.61. The third-order valence-corrected chi connectivity index (χ3v) is 3.42. The van der Waals surface area contributed by atoms with Crippen LogP contribution in [0.5, 0.6) is 0 Å². The standard InChI is InChI=1S/C12H23NO4/c1-13(8-12(14)15)7-9-4-5-10(16-2)11(6-9)17-3/h9-11H,4-8H2,1-3H3,(H,14,15). The molecular weight excluding hydrogens is 222 g/mol. The van der Waals surface area contributed by atoms with E-state index in [1.807, 2.05) is 11.9 Å². The molecule has 17 heavy (non-hydrogen) atoms. The Balaban J connectivity index is 2.38. The van der Waals surface area contributed by atoms with Crippen LogP contribution in [0.3, 0.4) is 0 Å². The maximum Gasteiger partial charge on any atom is 0.317 e. The van der Waals surface area contributed by atoms with Crippen LogP contribution in [0.2, 0.25) is 0 Å². The molecule has 0 amide bonds. The topological polar surface area (TPSA) is 59.0 Å². The second-order valence-electron chi connectivity index (χ2n) is 4.82. The normalized spacial score (nSPS) is 29.5. The van der Waals surface area contributed by atoms with E-state index < -0.39 is 5.97 Å². The lowest BCUT2D eigenvalue weighted by molar-refractivity contribution is -0.138. The van der Waals surface area contributed by atoms with E-state index in [9.17, 15) is 4.79 Å². The number of aliphatic carboxylic acids is 1. The fraction of sp³-hybridized carbons (Fsp3) is 0.917. The summed E-state index contributed by atoms with van der Waals surface area (Å²) in [7, 11) is 5.27. The Kier molecular flexibility index (Phi) is 5.88. The molecule has 0 aliphatic heterocycles. The molecule has 0 saturated heterocycles. The van der Waals surface area contributed by atoms with Gasteiger partial charge in [-0.1, -0.05) is 0 Å². The number of hydrogen-bond donors (Lipinski definition) is 1. The number of carboxylic acid groups (broad SMARTS) is 1. The summed E-state index contributed by atoms with van der Waals surface area (Å²) in [6, 6.07) is 0. The molecule has 5 heteroatoms. The number of rotatable bonds is 6. The van der Waals surface area contributed by atoms with E-state index in [0.29, 0.717) is 5.92 Å². The van der Waals surface area contributed by atoms with Gasteiger partial charge in [-0.05, 0) is 32.2 Å². The van der Waals surface area contributed by atoms with Gasteiger partial charge in [-0.15, -0.1) is 0 Å². The Morgan fingerprint density at radius 3 is 2.47 bits per heavy atom. The first-order valence-electron chi connectivity index (χ1n) is 6.02. The highest BCUT2D eigenvalue weighted by Crippen LogP contribution is 2.28. The lowest BCUT2D eigenvalue weighted by Crippen LogP contribution is -2.40. The maximum absolute atomic E-state index is 10.6. The summed E-state index contributed by atoms with van der Waals surface area (Å²) in [5, 5.41) is 8.71. The molecular formula is C12H23NO4. The number of methoxy groups -OCH3 is 2. The van der Waals surface area contributed by atoms with Gasteiger partial charge in [0, 0.05) is 20.8 Å². The number of carboxylic acids is 1. The fourth-order valence-corrected chi connectivity index (χ4v) is 2.60. The molecule has 0 heterocycles. The van der Waals surface area contributed by atoms with E-state index in [2.05, 4.69) is 0 Å². The molecule has 3 atom stereocenters. The minimum Gasteiger partial charge on any atom is -0.480 e. The van der Waals surface area contributed by atoms with Crippen molar-refractivity contribution < 1.29 is 19.4 Å². The number of nitrogens with zero attached hydrogens (tertiary/aromatic N) is 1. The van der Waals surface area contributed by atoms with Crippen LogP contribution in [0.1, 0.15) is 19.3 Å². The van der Waals surface area contributed by atoms with E-state index in [4.69, 9.17) is 14.6 Å². The molecule has 1 rings (SSSR count). The molecule has 0 aromatic rings. The van der Waals surface area contributed by atoms with Crippen molar-refractivity contribution in [3.05, 3.63) is 0 Å². The van der Waals surface area contributed by atoms with E-state index in [1.165, 1.54) is 0 Å². The van der Waals surface area contributed by atoms with Gasteiger partial charge < -0.3 is 14.6 Å². The molecule has 0 bridgehead atoms. The summed E-state index contributed by atoms with van der Waals surface area (Å²) in [6.45, 7) is 0.907. The van der Waals surface area contributed by atoms with Gasteiger partial charge in [0.15, 0.2) is 0 Å². The molecule has 0 aromatic carbocycles. The van der Waals surface area contributed by atoms with Crippen LogP contribution in [-0.4, -0.2) is 62.5 Å². The Bertz CT molecular complexity index is 247. The Morgan fingerprint density at radius 2 is 1.94 bits per heavy atom. The van der Waals surface area contributed by atoms with E-state index >= 15 is 0 Å². The first kappa shape index (κ1) is 14.4. The van der Waals surface area contributed by atoms with Crippen molar-refractivity contribution in [2.75, 3.05) is 34.4 Å². The summed E-state index contributed by atoms with van der Waals surface area (Å²) >= 11 is 0. The van der Waals surface area contributed by atoms with Gasteiger partial charge in [0.05, 0.1) is 18.8 Å². The lowest BCUT2D eigenvalue weighted by Gasteiger charge is -2.35. The Hall–Kier alpha value is -0.650. The van der Waals surface area contributed by atoms with Crippen molar-refractivity contribution >= 4 is 5.97 Å².